The van der Waals surface area contributed by atoms with E-state index in [0.29, 0.717) is 16.9 Å². The first-order valence-corrected chi connectivity index (χ1v) is 8.34. The van der Waals surface area contributed by atoms with Crippen LogP contribution in [-0.2, 0) is 14.3 Å². The maximum absolute atomic E-state index is 12.7. The van der Waals surface area contributed by atoms with Gasteiger partial charge in [-0.05, 0) is 43.3 Å². The Balaban J connectivity index is 1.83. The molecule has 138 valence electrons. The van der Waals surface area contributed by atoms with Gasteiger partial charge in [-0.2, -0.15) is 0 Å². The molecule has 1 N–H and O–H groups in total. The van der Waals surface area contributed by atoms with E-state index in [1.807, 2.05) is 0 Å². The van der Waals surface area contributed by atoms with Crippen molar-refractivity contribution in [2.24, 2.45) is 0 Å². The largest absolute Gasteiger partial charge is 0.465 e. The highest BCUT2D eigenvalue weighted by atomic mass is 16.5. The summed E-state index contributed by atoms with van der Waals surface area (Å²) in [4.78, 5) is 49.5. The monoisotopic (exact) mass is 366 g/mol. The number of nitrogens with zero attached hydrogens (tertiary/aromatic N) is 1. The van der Waals surface area contributed by atoms with Crippen LogP contribution >= 0.6 is 0 Å². The van der Waals surface area contributed by atoms with E-state index < -0.39 is 17.9 Å². The number of amides is 2. The predicted octanol–water partition coefficient (Wildman–Crippen LogP) is 2.42. The number of carbonyl (C=O) groups excluding carboxylic acids is 4. The van der Waals surface area contributed by atoms with E-state index in [1.54, 1.807) is 48.5 Å². The lowest BCUT2D eigenvalue weighted by Crippen LogP contribution is -2.35. The normalized spacial score (nSPS) is 16.4. The van der Waals surface area contributed by atoms with Crippen molar-refractivity contribution in [3.8, 4) is 0 Å². The summed E-state index contributed by atoms with van der Waals surface area (Å²) in [5.74, 6) is -1.41. The van der Waals surface area contributed by atoms with Gasteiger partial charge in [-0.1, -0.05) is 12.1 Å². The summed E-state index contributed by atoms with van der Waals surface area (Å²) >= 11 is 0. The van der Waals surface area contributed by atoms with Crippen LogP contribution in [0.4, 0.5) is 11.4 Å². The number of ketones is 1. The fourth-order valence-electron chi connectivity index (χ4n) is 2.95. The molecule has 0 aromatic heterocycles. The molecule has 1 saturated heterocycles. The number of rotatable bonds is 5. The summed E-state index contributed by atoms with van der Waals surface area (Å²) in [5.41, 5.74) is 1.61. The zero-order valence-electron chi connectivity index (χ0n) is 14.9. The van der Waals surface area contributed by atoms with E-state index in [2.05, 4.69) is 5.32 Å². The predicted molar refractivity (Wildman–Crippen MR) is 98.7 cm³/mol. The van der Waals surface area contributed by atoms with Gasteiger partial charge in [0, 0.05) is 11.3 Å². The zero-order chi connectivity index (χ0) is 19.6. The number of imide groups is 1. The minimum Gasteiger partial charge on any atom is -0.465 e. The molecular weight excluding hydrogens is 348 g/mol. The number of hydrogen-bond donors (Lipinski definition) is 1. The number of para-hydroxylation sites is 1. The average molecular weight is 366 g/mol. The molecule has 2 aromatic rings. The molecule has 0 unspecified atom stereocenters. The fourth-order valence-corrected chi connectivity index (χ4v) is 2.95. The topological polar surface area (TPSA) is 92.8 Å². The van der Waals surface area contributed by atoms with Crippen molar-refractivity contribution in [3.63, 3.8) is 0 Å². The van der Waals surface area contributed by atoms with Crippen molar-refractivity contribution in [2.45, 2.75) is 19.4 Å². The van der Waals surface area contributed by atoms with Crippen LogP contribution in [0.2, 0.25) is 0 Å². The number of nitrogens with one attached hydrogen (secondary N) is 1. The van der Waals surface area contributed by atoms with Crippen molar-refractivity contribution in [2.75, 3.05) is 17.3 Å². The second-order valence-corrected chi connectivity index (χ2v) is 6.11. The van der Waals surface area contributed by atoms with Crippen molar-refractivity contribution in [3.05, 3.63) is 59.7 Å². The van der Waals surface area contributed by atoms with Gasteiger partial charge < -0.3 is 10.1 Å². The zero-order valence-corrected chi connectivity index (χ0v) is 14.9. The summed E-state index contributed by atoms with van der Waals surface area (Å²) < 4.78 is 4.74. The second-order valence-electron chi connectivity index (χ2n) is 6.11. The molecule has 0 saturated carbocycles. The van der Waals surface area contributed by atoms with Gasteiger partial charge in [-0.25, -0.2) is 9.69 Å². The minimum atomic E-state index is -0.796. The van der Waals surface area contributed by atoms with Crippen molar-refractivity contribution >= 4 is 34.9 Å². The summed E-state index contributed by atoms with van der Waals surface area (Å²) in [6.07, 6.45) is -0.0389. The van der Waals surface area contributed by atoms with Crippen molar-refractivity contribution < 1.29 is 23.9 Å². The number of benzene rings is 2. The molecule has 0 bridgehead atoms. The summed E-state index contributed by atoms with van der Waals surface area (Å²) in [7, 11) is 1.27. The van der Waals surface area contributed by atoms with Crippen molar-refractivity contribution in [1.29, 1.82) is 0 Å². The molecule has 2 amide bonds. The fraction of sp³-hybridized carbons (Fsp3) is 0.200. The van der Waals surface area contributed by atoms with Crippen molar-refractivity contribution in [1.82, 2.24) is 0 Å². The number of esters is 1. The lowest BCUT2D eigenvalue weighted by atomic mass is 10.1. The van der Waals surface area contributed by atoms with Crippen LogP contribution in [0.15, 0.2) is 48.5 Å². The minimum absolute atomic E-state index is 0.0389. The van der Waals surface area contributed by atoms with Gasteiger partial charge in [0.2, 0.25) is 5.91 Å². The van der Waals surface area contributed by atoms with Crippen LogP contribution < -0.4 is 10.2 Å². The molecular formula is C20H18N2O5. The highest BCUT2D eigenvalue weighted by Gasteiger charge is 2.40. The third-order valence-electron chi connectivity index (χ3n) is 4.34. The SMILES string of the molecule is COC(=O)c1ccccc1N[C@@H]1CC(=O)N(c2ccc(C(C)=O)cc2)C1=O. The van der Waals surface area contributed by atoms with Gasteiger partial charge in [-0.3, -0.25) is 14.4 Å². The molecule has 7 heteroatoms. The van der Waals surface area contributed by atoms with Gasteiger partial charge in [0.15, 0.2) is 5.78 Å². The molecule has 1 aliphatic heterocycles. The standard InChI is InChI=1S/C20H18N2O5/c1-12(23)13-7-9-14(10-8-13)22-18(24)11-17(19(22)25)21-16-6-4-3-5-15(16)20(26)27-2/h3-10,17,21H,11H2,1-2H3/t17-/m1/s1. The first-order valence-electron chi connectivity index (χ1n) is 8.34. The number of ether oxygens (including phenoxy) is 1. The number of methoxy groups -OCH3 is 1. The van der Waals surface area contributed by atoms with E-state index >= 15 is 0 Å². The lowest BCUT2D eigenvalue weighted by Gasteiger charge is -2.17. The first-order chi connectivity index (χ1) is 12.9. The number of Topliss-reactive ketones (excluding diaryl/α,β-unsaturated/α-hetero) is 1. The van der Waals surface area contributed by atoms with Gasteiger partial charge in [0.05, 0.1) is 24.8 Å². The second kappa shape index (κ2) is 7.41. The highest BCUT2D eigenvalue weighted by Crippen LogP contribution is 2.26. The highest BCUT2D eigenvalue weighted by molar-refractivity contribution is 6.23. The van der Waals surface area contributed by atoms with E-state index in [0.717, 1.165) is 4.90 Å². The van der Waals surface area contributed by atoms with Gasteiger partial charge >= 0.3 is 5.97 Å². The third-order valence-corrected chi connectivity index (χ3v) is 4.34. The number of anilines is 2. The quantitative estimate of drug-likeness (QED) is 0.496. The molecule has 0 aliphatic carbocycles. The van der Waals surface area contributed by atoms with Gasteiger partial charge in [-0.15, -0.1) is 0 Å². The molecule has 1 fully saturated rings. The molecule has 27 heavy (non-hydrogen) atoms. The van der Waals surface area contributed by atoms with Crippen LogP contribution in [0.25, 0.3) is 0 Å². The van der Waals surface area contributed by atoms with E-state index in [9.17, 15) is 19.2 Å². The molecule has 3 rings (SSSR count). The van der Waals surface area contributed by atoms with Crippen LogP contribution in [-0.4, -0.2) is 36.7 Å². The smallest absolute Gasteiger partial charge is 0.339 e. The lowest BCUT2D eigenvalue weighted by molar-refractivity contribution is -0.121. The molecule has 0 spiro atoms. The molecule has 1 atom stereocenters. The average Bonchev–Trinajstić information content (AvgIpc) is 2.95. The Bertz CT molecular complexity index is 920. The van der Waals surface area contributed by atoms with Crippen LogP contribution in [0.1, 0.15) is 34.1 Å². The van der Waals surface area contributed by atoms with Crippen LogP contribution in [0.3, 0.4) is 0 Å². The maximum Gasteiger partial charge on any atom is 0.339 e. The van der Waals surface area contributed by atoms with E-state index in [-0.39, 0.29) is 23.7 Å². The summed E-state index contributed by atoms with van der Waals surface area (Å²) in [5, 5.41) is 2.97. The van der Waals surface area contributed by atoms with Crippen LogP contribution in [0.5, 0.6) is 0 Å². The summed E-state index contributed by atoms with van der Waals surface area (Å²) in [6, 6.07) is 12.1. The Kier molecular flexibility index (Phi) is 5.03. The molecule has 2 aromatic carbocycles. The summed E-state index contributed by atoms with van der Waals surface area (Å²) in [6.45, 7) is 1.44. The van der Waals surface area contributed by atoms with Gasteiger partial charge in [0.25, 0.3) is 5.91 Å². The first kappa shape index (κ1) is 18.3. The Labute approximate surface area is 155 Å². The Morgan fingerprint density at radius 2 is 1.74 bits per heavy atom. The molecule has 1 heterocycles. The maximum atomic E-state index is 12.7. The Morgan fingerprint density at radius 1 is 1.07 bits per heavy atom. The Hall–Kier alpha value is -3.48. The molecule has 7 nitrogen and oxygen atoms in total. The van der Waals surface area contributed by atoms with Gasteiger partial charge in [0.1, 0.15) is 6.04 Å². The van der Waals surface area contributed by atoms with Crippen LogP contribution in [0, 0.1) is 0 Å². The number of hydrogen-bond acceptors (Lipinski definition) is 6. The van der Waals surface area contributed by atoms with E-state index in [4.69, 9.17) is 4.74 Å². The van der Waals surface area contributed by atoms with E-state index in [1.165, 1.54) is 14.0 Å². The number of carbonyl (C=O) groups is 4. The Morgan fingerprint density at radius 3 is 2.37 bits per heavy atom. The third kappa shape index (κ3) is 3.57. The molecule has 1 aliphatic rings. The molecule has 0 radical (unpaired) electrons.